The average molecular weight is 485 g/mol. The van der Waals surface area contributed by atoms with Gasteiger partial charge < -0.3 is 9.64 Å². The third-order valence-corrected chi connectivity index (χ3v) is 6.60. The van der Waals surface area contributed by atoms with Gasteiger partial charge in [0, 0.05) is 18.8 Å². The van der Waals surface area contributed by atoms with Gasteiger partial charge in [-0.25, -0.2) is 14.3 Å². The molecule has 0 bridgehead atoms. The Morgan fingerprint density at radius 1 is 0.972 bits per heavy atom. The molecule has 2 aromatic carbocycles. The fraction of sp³-hybridized carbons (Fsp3) is 0.286. The first-order valence-corrected chi connectivity index (χ1v) is 12.0. The largest absolute Gasteiger partial charge is 0.378 e. The maximum atomic E-state index is 14.0. The van der Waals surface area contributed by atoms with Crippen LogP contribution in [0.5, 0.6) is 0 Å². The zero-order valence-electron chi connectivity index (χ0n) is 20.7. The Kier molecular flexibility index (Phi) is 6.28. The Bertz CT molecular complexity index is 1580. The van der Waals surface area contributed by atoms with Crippen molar-refractivity contribution in [3.63, 3.8) is 0 Å². The molecular formula is C28H28N4O4. The Hall–Kier alpha value is -4.04. The molecule has 1 saturated heterocycles. The maximum absolute atomic E-state index is 14.0. The number of aryl methyl sites for hydroxylation is 3. The number of ether oxygens (including phenoxy) is 1. The van der Waals surface area contributed by atoms with E-state index in [1.54, 1.807) is 30.0 Å². The number of morpholine rings is 1. The molecule has 1 amide bonds. The van der Waals surface area contributed by atoms with Crippen LogP contribution >= 0.6 is 0 Å². The van der Waals surface area contributed by atoms with Gasteiger partial charge in [-0.1, -0.05) is 42.0 Å². The zero-order valence-corrected chi connectivity index (χ0v) is 20.7. The number of nitrogens with zero attached hydrogens (tertiary/aromatic N) is 4. The summed E-state index contributed by atoms with van der Waals surface area (Å²) in [7, 11) is 0. The number of benzene rings is 2. The molecule has 36 heavy (non-hydrogen) atoms. The molecule has 8 nitrogen and oxygen atoms in total. The van der Waals surface area contributed by atoms with Crippen molar-refractivity contribution in [2.45, 2.75) is 27.3 Å². The van der Waals surface area contributed by atoms with Gasteiger partial charge in [-0.3, -0.25) is 14.2 Å². The number of carbonyl (C=O) groups excluding carboxylic acids is 1. The molecule has 3 heterocycles. The van der Waals surface area contributed by atoms with Crippen LogP contribution in [0.3, 0.4) is 0 Å². The molecule has 0 unspecified atom stereocenters. The Labute approximate surface area is 208 Å². The normalized spacial score (nSPS) is 13.8. The second-order valence-corrected chi connectivity index (χ2v) is 9.19. The molecular weight excluding hydrogens is 456 g/mol. The standard InChI is InChI=1S/C28H28N4O4/c1-18-9-10-19(2)21(15-18)17-31-27(34)24-23(26(33)30-11-13-36-14-12-30)16-20(3)29-25(24)32(28(31)35)22-7-5-4-6-8-22/h4-10,15-16H,11-14,17H2,1-3H3. The van der Waals surface area contributed by atoms with Gasteiger partial charge in [0.15, 0.2) is 5.65 Å². The Balaban J connectivity index is 1.83. The van der Waals surface area contributed by atoms with Crippen LogP contribution in [0, 0.1) is 20.8 Å². The van der Waals surface area contributed by atoms with Crippen LogP contribution < -0.4 is 11.2 Å². The molecule has 0 saturated carbocycles. The van der Waals surface area contributed by atoms with Crippen LogP contribution in [-0.4, -0.2) is 51.2 Å². The molecule has 5 rings (SSSR count). The van der Waals surface area contributed by atoms with E-state index >= 15 is 0 Å². The lowest BCUT2D eigenvalue weighted by Crippen LogP contribution is -2.43. The molecule has 1 fully saturated rings. The molecule has 0 spiro atoms. The number of fused-ring (bicyclic) bond motifs is 1. The highest BCUT2D eigenvalue weighted by molar-refractivity contribution is 6.05. The van der Waals surface area contributed by atoms with Crippen molar-refractivity contribution in [2.24, 2.45) is 0 Å². The van der Waals surface area contributed by atoms with Crippen LogP contribution in [0.25, 0.3) is 16.7 Å². The highest BCUT2D eigenvalue weighted by Gasteiger charge is 2.26. The number of amides is 1. The van der Waals surface area contributed by atoms with Gasteiger partial charge >= 0.3 is 5.69 Å². The minimum absolute atomic E-state index is 0.0903. The van der Waals surface area contributed by atoms with E-state index in [2.05, 4.69) is 4.98 Å². The highest BCUT2D eigenvalue weighted by Crippen LogP contribution is 2.20. The lowest BCUT2D eigenvalue weighted by molar-refractivity contribution is 0.0304. The maximum Gasteiger partial charge on any atom is 0.337 e. The van der Waals surface area contributed by atoms with Crippen LogP contribution in [0.4, 0.5) is 0 Å². The summed E-state index contributed by atoms with van der Waals surface area (Å²) < 4.78 is 8.05. The number of hydrogen-bond donors (Lipinski definition) is 0. The summed E-state index contributed by atoms with van der Waals surface area (Å²) in [6.45, 7) is 7.55. The molecule has 0 atom stereocenters. The van der Waals surface area contributed by atoms with E-state index in [1.165, 1.54) is 9.13 Å². The molecule has 184 valence electrons. The number of pyridine rings is 1. The van der Waals surface area contributed by atoms with Gasteiger partial charge in [-0.2, -0.15) is 0 Å². The van der Waals surface area contributed by atoms with E-state index in [1.807, 2.05) is 50.2 Å². The second kappa shape index (κ2) is 9.54. The van der Waals surface area contributed by atoms with Crippen LogP contribution in [0.2, 0.25) is 0 Å². The van der Waals surface area contributed by atoms with E-state index in [4.69, 9.17) is 4.74 Å². The average Bonchev–Trinajstić information content (AvgIpc) is 2.88. The van der Waals surface area contributed by atoms with Crippen LogP contribution in [-0.2, 0) is 11.3 Å². The zero-order chi connectivity index (χ0) is 25.4. The summed E-state index contributed by atoms with van der Waals surface area (Å²) in [5.41, 5.74) is 3.43. The van der Waals surface area contributed by atoms with Crippen molar-refractivity contribution < 1.29 is 9.53 Å². The Morgan fingerprint density at radius 2 is 1.69 bits per heavy atom. The van der Waals surface area contributed by atoms with Crippen molar-refractivity contribution in [2.75, 3.05) is 26.3 Å². The SMILES string of the molecule is Cc1ccc(C)c(Cn2c(=O)c3c(C(=O)N4CCOCC4)cc(C)nc3n(-c3ccccc3)c2=O)c1. The molecule has 0 radical (unpaired) electrons. The fourth-order valence-corrected chi connectivity index (χ4v) is 4.66. The van der Waals surface area contributed by atoms with Crippen molar-refractivity contribution in [3.05, 3.63) is 103 Å². The van der Waals surface area contributed by atoms with Crippen molar-refractivity contribution in [3.8, 4) is 5.69 Å². The summed E-state index contributed by atoms with van der Waals surface area (Å²) in [4.78, 5) is 47.7. The van der Waals surface area contributed by atoms with E-state index in [0.717, 1.165) is 16.7 Å². The third-order valence-electron chi connectivity index (χ3n) is 6.60. The predicted molar refractivity (Wildman–Crippen MR) is 138 cm³/mol. The van der Waals surface area contributed by atoms with E-state index in [9.17, 15) is 14.4 Å². The second-order valence-electron chi connectivity index (χ2n) is 9.19. The number of aromatic nitrogens is 3. The minimum atomic E-state index is -0.521. The highest BCUT2D eigenvalue weighted by atomic mass is 16.5. The summed E-state index contributed by atoms with van der Waals surface area (Å²) >= 11 is 0. The van der Waals surface area contributed by atoms with Crippen LogP contribution in [0.15, 0.2) is 64.2 Å². The molecule has 0 aliphatic carbocycles. The van der Waals surface area contributed by atoms with Crippen molar-refractivity contribution >= 4 is 16.9 Å². The summed E-state index contributed by atoms with van der Waals surface area (Å²) in [6.07, 6.45) is 0. The Morgan fingerprint density at radius 3 is 2.42 bits per heavy atom. The number of para-hydroxylation sites is 1. The van der Waals surface area contributed by atoms with Gasteiger partial charge in [-0.05, 0) is 50.1 Å². The van der Waals surface area contributed by atoms with Gasteiger partial charge in [0.2, 0.25) is 0 Å². The topological polar surface area (TPSA) is 86.4 Å². The summed E-state index contributed by atoms with van der Waals surface area (Å²) in [5, 5.41) is 0.144. The van der Waals surface area contributed by atoms with Crippen molar-refractivity contribution in [1.82, 2.24) is 19.0 Å². The molecule has 1 aliphatic heterocycles. The minimum Gasteiger partial charge on any atom is -0.378 e. The van der Waals surface area contributed by atoms with Crippen molar-refractivity contribution in [1.29, 1.82) is 0 Å². The van der Waals surface area contributed by atoms with Crippen LogP contribution in [0.1, 0.15) is 32.7 Å². The monoisotopic (exact) mass is 484 g/mol. The molecule has 8 heteroatoms. The first-order chi connectivity index (χ1) is 17.3. The first-order valence-electron chi connectivity index (χ1n) is 12.0. The van der Waals surface area contributed by atoms with Gasteiger partial charge in [0.05, 0.1) is 36.4 Å². The van der Waals surface area contributed by atoms with E-state index < -0.39 is 11.2 Å². The van der Waals surface area contributed by atoms with E-state index in [-0.39, 0.29) is 29.0 Å². The first kappa shape index (κ1) is 23.7. The lowest BCUT2D eigenvalue weighted by Gasteiger charge is -2.27. The van der Waals surface area contributed by atoms with Gasteiger partial charge in [0.25, 0.3) is 11.5 Å². The molecule has 0 N–H and O–H groups in total. The number of hydrogen-bond acceptors (Lipinski definition) is 5. The molecule has 2 aromatic heterocycles. The third kappa shape index (κ3) is 4.24. The fourth-order valence-electron chi connectivity index (χ4n) is 4.66. The van der Waals surface area contributed by atoms with Gasteiger partial charge in [0.1, 0.15) is 0 Å². The van der Waals surface area contributed by atoms with E-state index in [0.29, 0.717) is 37.7 Å². The number of rotatable bonds is 4. The number of carbonyl (C=O) groups is 1. The summed E-state index contributed by atoms with van der Waals surface area (Å²) in [5.74, 6) is -0.262. The predicted octanol–water partition coefficient (Wildman–Crippen LogP) is 2.99. The molecule has 4 aromatic rings. The quantitative estimate of drug-likeness (QED) is 0.445. The summed E-state index contributed by atoms with van der Waals surface area (Å²) in [6, 6.07) is 16.7. The molecule has 1 aliphatic rings. The smallest absolute Gasteiger partial charge is 0.337 e. The lowest BCUT2D eigenvalue weighted by atomic mass is 10.1. The van der Waals surface area contributed by atoms with Gasteiger partial charge in [-0.15, -0.1) is 0 Å².